The lowest BCUT2D eigenvalue weighted by atomic mass is 9.87. The van der Waals surface area contributed by atoms with Crippen LogP contribution in [0.3, 0.4) is 0 Å². The topological polar surface area (TPSA) is 66.4 Å². The Hall–Kier alpha value is -0.240. The van der Waals surface area contributed by atoms with Gasteiger partial charge in [-0.2, -0.15) is 0 Å². The van der Waals surface area contributed by atoms with Crippen molar-refractivity contribution in [3.8, 4) is 0 Å². The molecule has 0 radical (unpaired) electrons. The van der Waals surface area contributed by atoms with Crippen molar-refractivity contribution in [3.63, 3.8) is 0 Å². The number of hydrogen-bond acceptors (Lipinski definition) is 6. The van der Waals surface area contributed by atoms with E-state index in [0.29, 0.717) is 59.6 Å². The van der Waals surface area contributed by atoms with Crippen molar-refractivity contribution < 1.29 is 28.8 Å². The molecule has 1 heterocycles. The van der Waals surface area contributed by atoms with E-state index >= 15 is 0 Å². The first-order valence-electron chi connectivity index (χ1n) is 6.82. The van der Waals surface area contributed by atoms with Crippen molar-refractivity contribution in [1.29, 1.82) is 0 Å². The Bertz CT molecular complexity index is 205. The van der Waals surface area contributed by atoms with E-state index in [2.05, 4.69) is 6.92 Å². The average molecular weight is 278 g/mol. The van der Waals surface area contributed by atoms with Crippen LogP contribution >= 0.6 is 0 Å². The summed E-state index contributed by atoms with van der Waals surface area (Å²) in [5.74, 6) is 0. The maximum atomic E-state index is 8.50. The van der Waals surface area contributed by atoms with E-state index in [1.54, 1.807) is 0 Å². The van der Waals surface area contributed by atoms with Crippen molar-refractivity contribution >= 4 is 0 Å². The SMILES string of the molecule is CCC1(COCCOCCOCCO)COCOC1. The summed E-state index contributed by atoms with van der Waals surface area (Å²) in [4.78, 5) is 0. The summed E-state index contributed by atoms with van der Waals surface area (Å²) in [7, 11) is 0. The second kappa shape index (κ2) is 10.5. The Kier molecular flexibility index (Phi) is 9.32. The number of rotatable bonds is 11. The molecule has 1 aliphatic heterocycles. The van der Waals surface area contributed by atoms with Gasteiger partial charge in [0.1, 0.15) is 6.79 Å². The lowest BCUT2D eigenvalue weighted by molar-refractivity contribution is -0.183. The summed E-state index contributed by atoms with van der Waals surface area (Å²) in [5.41, 5.74) is -0.0114. The largest absolute Gasteiger partial charge is 0.394 e. The molecule has 0 bridgehead atoms. The molecule has 0 aromatic heterocycles. The van der Waals surface area contributed by atoms with Crippen molar-refractivity contribution in [2.75, 3.05) is 66.3 Å². The molecule has 1 aliphatic rings. The molecule has 114 valence electrons. The van der Waals surface area contributed by atoms with Crippen molar-refractivity contribution in [3.05, 3.63) is 0 Å². The third-order valence-electron chi connectivity index (χ3n) is 3.12. The molecule has 0 saturated carbocycles. The van der Waals surface area contributed by atoms with Crippen molar-refractivity contribution in [1.82, 2.24) is 0 Å². The van der Waals surface area contributed by atoms with Crippen LogP contribution in [0.2, 0.25) is 0 Å². The molecule has 0 aromatic carbocycles. The average Bonchev–Trinajstić information content (AvgIpc) is 2.46. The van der Waals surface area contributed by atoms with Gasteiger partial charge in [-0.15, -0.1) is 0 Å². The lowest BCUT2D eigenvalue weighted by Crippen LogP contribution is -2.41. The summed E-state index contributed by atoms with van der Waals surface area (Å²) in [6.45, 7) is 7.06. The van der Waals surface area contributed by atoms with Gasteiger partial charge in [0.25, 0.3) is 0 Å². The van der Waals surface area contributed by atoms with Gasteiger partial charge in [-0.1, -0.05) is 6.92 Å². The molecular formula is C13H26O6. The zero-order valence-corrected chi connectivity index (χ0v) is 11.8. The Balaban J connectivity index is 1.94. The third-order valence-corrected chi connectivity index (χ3v) is 3.12. The van der Waals surface area contributed by atoms with Crippen LogP contribution in [0.4, 0.5) is 0 Å². The summed E-state index contributed by atoms with van der Waals surface area (Å²) in [5, 5.41) is 8.50. The van der Waals surface area contributed by atoms with Gasteiger partial charge < -0.3 is 28.8 Å². The maximum absolute atomic E-state index is 8.50. The molecule has 1 fully saturated rings. The van der Waals surface area contributed by atoms with E-state index in [1.807, 2.05) is 0 Å². The third kappa shape index (κ3) is 7.20. The van der Waals surface area contributed by atoms with Gasteiger partial charge in [-0.25, -0.2) is 0 Å². The van der Waals surface area contributed by atoms with Gasteiger partial charge in [0.05, 0.1) is 59.5 Å². The molecular weight excluding hydrogens is 252 g/mol. The van der Waals surface area contributed by atoms with Crippen molar-refractivity contribution in [2.45, 2.75) is 13.3 Å². The van der Waals surface area contributed by atoms with Gasteiger partial charge >= 0.3 is 0 Å². The normalized spacial score (nSPS) is 18.6. The highest BCUT2D eigenvalue weighted by Crippen LogP contribution is 2.26. The molecule has 1 N–H and O–H groups in total. The van der Waals surface area contributed by atoms with E-state index < -0.39 is 0 Å². The van der Waals surface area contributed by atoms with Crippen molar-refractivity contribution in [2.24, 2.45) is 5.41 Å². The van der Waals surface area contributed by atoms with Crippen LogP contribution in [0.5, 0.6) is 0 Å². The highest BCUT2D eigenvalue weighted by molar-refractivity contribution is 4.78. The Morgan fingerprint density at radius 2 is 1.53 bits per heavy atom. The molecule has 6 nitrogen and oxygen atoms in total. The minimum Gasteiger partial charge on any atom is -0.394 e. The van der Waals surface area contributed by atoms with Crippen LogP contribution in [0.1, 0.15) is 13.3 Å². The molecule has 19 heavy (non-hydrogen) atoms. The van der Waals surface area contributed by atoms with Gasteiger partial charge in [0, 0.05) is 5.41 Å². The predicted molar refractivity (Wildman–Crippen MR) is 69.0 cm³/mol. The Labute approximate surface area is 114 Å². The van der Waals surface area contributed by atoms with Crippen LogP contribution in [0, 0.1) is 5.41 Å². The first-order valence-corrected chi connectivity index (χ1v) is 6.82. The minimum atomic E-state index is -0.0114. The van der Waals surface area contributed by atoms with Gasteiger partial charge in [-0.3, -0.25) is 0 Å². The van der Waals surface area contributed by atoms with Gasteiger partial charge in [0.2, 0.25) is 0 Å². The quantitative estimate of drug-likeness (QED) is 0.553. The Morgan fingerprint density at radius 1 is 0.947 bits per heavy atom. The summed E-state index contributed by atoms with van der Waals surface area (Å²) >= 11 is 0. The fourth-order valence-corrected chi connectivity index (χ4v) is 1.80. The van der Waals surface area contributed by atoms with Crippen LogP contribution in [0.25, 0.3) is 0 Å². The number of aliphatic hydroxyl groups excluding tert-OH is 1. The summed E-state index contributed by atoms with van der Waals surface area (Å²) < 4.78 is 26.7. The zero-order valence-electron chi connectivity index (χ0n) is 11.8. The fourth-order valence-electron chi connectivity index (χ4n) is 1.80. The highest BCUT2D eigenvalue weighted by Gasteiger charge is 2.32. The highest BCUT2D eigenvalue weighted by atomic mass is 16.7. The molecule has 1 saturated heterocycles. The number of ether oxygens (including phenoxy) is 5. The molecule has 0 atom stereocenters. The molecule has 1 rings (SSSR count). The number of aliphatic hydroxyl groups is 1. The van der Waals surface area contributed by atoms with Gasteiger partial charge in [-0.05, 0) is 6.42 Å². The zero-order chi connectivity index (χ0) is 13.8. The van der Waals surface area contributed by atoms with Crippen LogP contribution in [0.15, 0.2) is 0 Å². The van der Waals surface area contributed by atoms with Crippen LogP contribution in [-0.4, -0.2) is 71.4 Å². The van der Waals surface area contributed by atoms with E-state index in [1.165, 1.54) is 0 Å². The first kappa shape index (κ1) is 16.8. The standard InChI is InChI=1S/C13H26O6/c1-2-13(10-18-12-19-11-13)9-17-8-7-16-6-5-15-4-3-14/h14H,2-12H2,1H3. The lowest BCUT2D eigenvalue weighted by Gasteiger charge is -2.35. The fraction of sp³-hybridized carbons (Fsp3) is 1.00. The minimum absolute atomic E-state index is 0.0114. The Morgan fingerprint density at radius 3 is 2.11 bits per heavy atom. The summed E-state index contributed by atoms with van der Waals surface area (Å²) in [6, 6.07) is 0. The second-order valence-corrected chi connectivity index (χ2v) is 4.67. The number of hydrogen-bond donors (Lipinski definition) is 1. The first-order chi connectivity index (χ1) is 9.33. The summed E-state index contributed by atoms with van der Waals surface area (Å²) in [6.07, 6.45) is 0.975. The molecule has 0 amide bonds. The van der Waals surface area contributed by atoms with E-state index in [-0.39, 0.29) is 12.0 Å². The smallest absolute Gasteiger partial charge is 0.146 e. The van der Waals surface area contributed by atoms with Crippen LogP contribution in [-0.2, 0) is 23.7 Å². The molecule has 0 aliphatic carbocycles. The molecule has 0 spiro atoms. The second-order valence-electron chi connectivity index (χ2n) is 4.67. The maximum Gasteiger partial charge on any atom is 0.146 e. The van der Waals surface area contributed by atoms with Gasteiger partial charge in [0.15, 0.2) is 0 Å². The van der Waals surface area contributed by atoms with E-state index in [4.69, 9.17) is 28.8 Å². The van der Waals surface area contributed by atoms with E-state index in [0.717, 1.165) is 6.42 Å². The molecule has 0 unspecified atom stereocenters. The molecule has 6 heteroatoms. The van der Waals surface area contributed by atoms with E-state index in [9.17, 15) is 0 Å². The molecule has 0 aromatic rings. The monoisotopic (exact) mass is 278 g/mol. The van der Waals surface area contributed by atoms with Crippen LogP contribution < -0.4 is 0 Å². The predicted octanol–water partition coefficient (Wildman–Crippen LogP) is 0.429.